The van der Waals surface area contributed by atoms with E-state index in [4.69, 9.17) is 10.5 Å². The average molecular weight is 289 g/mol. The molecule has 0 bridgehead atoms. The Labute approximate surface area is 123 Å². The van der Waals surface area contributed by atoms with E-state index in [0.717, 1.165) is 5.69 Å². The number of hydrogen-bond donors (Lipinski definition) is 2. The van der Waals surface area contributed by atoms with Gasteiger partial charge in [-0.1, -0.05) is 17.3 Å². The van der Waals surface area contributed by atoms with Crippen molar-refractivity contribution in [3.8, 4) is 5.75 Å². The summed E-state index contributed by atoms with van der Waals surface area (Å²) in [7, 11) is 1.57. The molecule has 0 aliphatic heterocycles. The molecular weight excluding hydrogens is 270 g/mol. The summed E-state index contributed by atoms with van der Waals surface area (Å²) < 4.78 is 6.83. The number of amides is 1. The van der Waals surface area contributed by atoms with Crippen molar-refractivity contribution in [1.82, 2.24) is 15.0 Å². The molecule has 1 heterocycles. The third kappa shape index (κ3) is 4.28. The Balaban J connectivity index is 1.86. The second-order valence-electron chi connectivity index (χ2n) is 4.51. The number of para-hydroxylation sites is 2. The lowest BCUT2D eigenvalue weighted by Gasteiger charge is -2.09. The van der Waals surface area contributed by atoms with E-state index in [9.17, 15) is 4.79 Å². The first-order valence-electron chi connectivity index (χ1n) is 6.75. The number of aryl methyl sites for hydroxylation is 1. The van der Waals surface area contributed by atoms with Crippen LogP contribution in [0.25, 0.3) is 0 Å². The molecule has 3 N–H and O–H groups in total. The Kier molecular flexibility index (Phi) is 5.28. The predicted octanol–water partition coefficient (Wildman–Crippen LogP) is 0.817. The third-order valence-electron chi connectivity index (χ3n) is 2.94. The number of rotatable bonds is 7. The predicted molar refractivity (Wildman–Crippen MR) is 79.0 cm³/mol. The maximum atomic E-state index is 11.9. The molecular formula is C14H19N5O2. The zero-order valence-corrected chi connectivity index (χ0v) is 12.0. The maximum Gasteiger partial charge on any atom is 0.226 e. The molecule has 112 valence electrons. The summed E-state index contributed by atoms with van der Waals surface area (Å²) in [5.41, 5.74) is 6.95. The highest BCUT2D eigenvalue weighted by Crippen LogP contribution is 2.22. The number of benzene rings is 1. The summed E-state index contributed by atoms with van der Waals surface area (Å²) >= 11 is 0. The van der Waals surface area contributed by atoms with Gasteiger partial charge in [-0.15, -0.1) is 5.10 Å². The lowest BCUT2D eigenvalue weighted by Crippen LogP contribution is -2.15. The van der Waals surface area contributed by atoms with Crippen molar-refractivity contribution in [3.63, 3.8) is 0 Å². The molecule has 0 saturated heterocycles. The fraction of sp³-hybridized carbons (Fsp3) is 0.357. The Morgan fingerprint density at radius 3 is 3.00 bits per heavy atom. The molecule has 2 rings (SSSR count). The molecule has 0 spiro atoms. The zero-order valence-electron chi connectivity index (χ0n) is 12.0. The summed E-state index contributed by atoms with van der Waals surface area (Å²) in [6.45, 7) is 1.01. The van der Waals surface area contributed by atoms with E-state index >= 15 is 0 Å². The van der Waals surface area contributed by atoms with Gasteiger partial charge in [0.1, 0.15) is 5.75 Å². The van der Waals surface area contributed by atoms with E-state index in [-0.39, 0.29) is 5.91 Å². The fourth-order valence-electron chi connectivity index (χ4n) is 1.89. The van der Waals surface area contributed by atoms with Gasteiger partial charge in [0.25, 0.3) is 0 Å². The van der Waals surface area contributed by atoms with Gasteiger partial charge in [-0.2, -0.15) is 0 Å². The molecule has 0 saturated carbocycles. The van der Waals surface area contributed by atoms with Gasteiger partial charge in [0, 0.05) is 19.0 Å². The Bertz CT molecular complexity index is 597. The minimum Gasteiger partial charge on any atom is -0.495 e. The highest BCUT2D eigenvalue weighted by molar-refractivity contribution is 5.92. The molecule has 2 aromatic rings. The number of anilines is 1. The number of methoxy groups -OCH3 is 1. The van der Waals surface area contributed by atoms with Crippen molar-refractivity contribution in [2.75, 3.05) is 19.0 Å². The van der Waals surface area contributed by atoms with Crippen LogP contribution in [0.5, 0.6) is 5.75 Å². The van der Waals surface area contributed by atoms with Gasteiger partial charge in [-0.3, -0.25) is 9.48 Å². The van der Waals surface area contributed by atoms with Gasteiger partial charge in [0.05, 0.1) is 25.0 Å². The summed E-state index contributed by atoms with van der Waals surface area (Å²) in [5.74, 6) is 0.534. The maximum absolute atomic E-state index is 11.9. The average Bonchev–Trinajstić information content (AvgIpc) is 2.94. The van der Waals surface area contributed by atoms with E-state index in [1.807, 2.05) is 18.3 Å². The first kappa shape index (κ1) is 15.0. The van der Waals surface area contributed by atoms with Crippen molar-refractivity contribution in [1.29, 1.82) is 0 Å². The van der Waals surface area contributed by atoms with Crippen LogP contribution in [0.4, 0.5) is 5.69 Å². The van der Waals surface area contributed by atoms with Crippen molar-refractivity contribution in [2.45, 2.75) is 19.4 Å². The second kappa shape index (κ2) is 7.39. The van der Waals surface area contributed by atoms with Crippen LogP contribution in [0.15, 0.2) is 30.5 Å². The Hall–Kier alpha value is -2.41. The quantitative estimate of drug-likeness (QED) is 0.786. The van der Waals surface area contributed by atoms with Crippen LogP contribution in [0.3, 0.4) is 0 Å². The number of nitrogens with one attached hydrogen (secondary N) is 1. The number of aromatic nitrogens is 3. The molecule has 0 atom stereocenters. The fourth-order valence-corrected chi connectivity index (χ4v) is 1.89. The SMILES string of the molecule is COc1ccccc1NC(=O)CCn1cc(CCN)nn1. The minimum absolute atomic E-state index is 0.102. The van der Waals surface area contributed by atoms with Gasteiger partial charge in [0.2, 0.25) is 5.91 Å². The number of ether oxygens (including phenoxy) is 1. The highest BCUT2D eigenvalue weighted by atomic mass is 16.5. The largest absolute Gasteiger partial charge is 0.495 e. The smallest absolute Gasteiger partial charge is 0.226 e. The van der Waals surface area contributed by atoms with Crippen molar-refractivity contribution in [2.24, 2.45) is 5.73 Å². The standard InChI is InChI=1S/C14H19N5O2/c1-21-13-5-3-2-4-12(13)16-14(20)7-9-19-10-11(6-8-15)17-18-19/h2-5,10H,6-9,15H2,1H3,(H,16,20). The molecule has 7 heteroatoms. The van der Waals surface area contributed by atoms with Crippen LogP contribution in [0, 0.1) is 0 Å². The van der Waals surface area contributed by atoms with Crippen LogP contribution >= 0.6 is 0 Å². The number of carbonyl (C=O) groups is 1. The van der Waals surface area contributed by atoms with Gasteiger partial charge < -0.3 is 15.8 Å². The molecule has 0 aliphatic carbocycles. The molecule has 21 heavy (non-hydrogen) atoms. The van der Waals surface area contributed by atoms with E-state index in [1.54, 1.807) is 23.9 Å². The van der Waals surface area contributed by atoms with Gasteiger partial charge in [-0.25, -0.2) is 0 Å². The molecule has 1 aromatic carbocycles. The molecule has 0 fully saturated rings. The number of nitrogens with two attached hydrogens (primary N) is 1. The molecule has 1 aromatic heterocycles. The zero-order chi connectivity index (χ0) is 15.1. The first-order valence-corrected chi connectivity index (χ1v) is 6.75. The molecule has 0 aliphatic rings. The van der Waals surface area contributed by atoms with Gasteiger partial charge in [0.15, 0.2) is 0 Å². The topological polar surface area (TPSA) is 95.1 Å². The molecule has 0 unspecified atom stereocenters. The van der Waals surface area contributed by atoms with Crippen LogP contribution < -0.4 is 15.8 Å². The van der Waals surface area contributed by atoms with E-state index in [0.29, 0.717) is 37.4 Å². The van der Waals surface area contributed by atoms with Gasteiger partial charge >= 0.3 is 0 Å². The normalized spacial score (nSPS) is 10.4. The lowest BCUT2D eigenvalue weighted by atomic mass is 10.3. The number of hydrogen-bond acceptors (Lipinski definition) is 5. The third-order valence-corrected chi connectivity index (χ3v) is 2.94. The van der Waals surface area contributed by atoms with Crippen molar-refractivity contribution in [3.05, 3.63) is 36.2 Å². The van der Waals surface area contributed by atoms with Crippen LogP contribution in [0.1, 0.15) is 12.1 Å². The highest BCUT2D eigenvalue weighted by Gasteiger charge is 2.08. The summed E-state index contributed by atoms with van der Waals surface area (Å²) in [6, 6.07) is 7.29. The van der Waals surface area contributed by atoms with E-state index in [1.165, 1.54) is 0 Å². The number of nitrogens with zero attached hydrogens (tertiary/aromatic N) is 3. The van der Waals surface area contributed by atoms with Crippen LogP contribution in [0.2, 0.25) is 0 Å². The molecule has 0 radical (unpaired) electrons. The first-order chi connectivity index (χ1) is 10.2. The molecule has 7 nitrogen and oxygen atoms in total. The minimum atomic E-state index is -0.102. The Morgan fingerprint density at radius 2 is 2.24 bits per heavy atom. The van der Waals surface area contributed by atoms with E-state index < -0.39 is 0 Å². The van der Waals surface area contributed by atoms with E-state index in [2.05, 4.69) is 15.6 Å². The molecule has 1 amide bonds. The second-order valence-corrected chi connectivity index (χ2v) is 4.51. The van der Waals surface area contributed by atoms with Crippen molar-refractivity contribution < 1.29 is 9.53 Å². The number of carbonyl (C=O) groups excluding carboxylic acids is 1. The summed E-state index contributed by atoms with van der Waals surface area (Å²) in [4.78, 5) is 11.9. The van der Waals surface area contributed by atoms with Crippen molar-refractivity contribution >= 4 is 11.6 Å². The van der Waals surface area contributed by atoms with Crippen LogP contribution in [-0.2, 0) is 17.8 Å². The monoisotopic (exact) mass is 289 g/mol. The lowest BCUT2D eigenvalue weighted by molar-refractivity contribution is -0.116. The Morgan fingerprint density at radius 1 is 1.43 bits per heavy atom. The van der Waals surface area contributed by atoms with Crippen LogP contribution in [-0.4, -0.2) is 34.6 Å². The van der Waals surface area contributed by atoms with Gasteiger partial charge in [-0.05, 0) is 18.7 Å². The summed E-state index contributed by atoms with van der Waals surface area (Å²) in [6.07, 6.45) is 2.81. The summed E-state index contributed by atoms with van der Waals surface area (Å²) in [5, 5.41) is 10.7.